The van der Waals surface area contributed by atoms with Crippen LogP contribution < -0.4 is 0 Å². The lowest BCUT2D eigenvalue weighted by Crippen LogP contribution is -2.53. The van der Waals surface area contributed by atoms with Crippen LogP contribution in [0, 0.1) is 17.8 Å². The first-order chi connectivity index (χ1) is 9.68. The minimum absolute atomic E-state index is 0.0521. The van der Waals surface area contributed by atoms with Crippen LogP contribution in [0.4, 0.5) is 0 Å². The van der Waals surface area contributed by atoms with Crippen molar-refractivity contribution in [1.29, 1.82) is 0 Å². The van der Waals surface area contributed by atoms with E-state index in [1.54, 1.807) is 4.90 Å². The Morgan fingerprint density at radius 1 is 1.15 bits per heavy atom. The summed E-state index contributed by atoms with van der Waals surface area (Å²) in [5.74, 6) is 0.393. The fourth-order valence-electron chi connectivity index (χ4n) is 3.87. The zero-order valence-corrected chi connectivity index (χ0v) is 11.8. The van der Waals surface area contributed by atoms with Crippen molar-refractivity contribution < 1.29 is 19.4 Å². The van der Waals surface area contributed by atoms with E-state index in [2.05, 4.69) is 0 Å². The molecule has 0 aromatic heterocycles. The Hall–Kier alpha value is -1.10. The molecule has 1 heterocycles. The van der Waals surface area contributed by atoms with Crippen molar-refractivity contribution in [2.24, 2.45) is 17.8 Å². The Bertz CT molecular complexity index is 391. The molecule has 0 aromatic rings. The Balaban J connectivity index is 1.60. The standard InChI is InChI=1S/C15H23NO4/c17-14(16-6-7-20-9-13(16)15(18)19)12-8-11(12)10-4-2-1-3-5-10/h10-13H,1-9H2,(H,18,19)/t11-,12-,13-/m0/s1. The summed E-state index contributed by atoms with van der Waals surface area (Å²) >= 11 is 0. The number of nitrogens with zero attached hydrogens (tertiary/aromatic N) is 1. The third-order valence-corrected chi connectivity index (χ3v) is 5.11. The molecule has 0 spiro atoms. The number of morpholine rings is 1. The Morgan fingerprint density at radius 3 is 2.60 bits per heavy atom. The summed E-state index contributed by atoms with van der Waals surface area (Å²) in [6.07, 6.45) is 7.37. The molecule has 20 heavy (non-hydrogen) atoms. The largest absolute Gasteiger partial charge is 0.480 e. The van der Waals surface area contributed by atoms with Crippen LogP contribution in [0.5, 0.6) is 0 Å². The highest BCUT2D eigenvalue weighted by atomic mass is 16.5. The highest BCUT2D eigenvalue weighted by Gasteiger charge is 2.50. The van der Waals surface area contributed by atoms with Crippen molar-refractivity contribution in [2.75, 3.05) is 19.8 Å². The van der Waals surface area contributed by atoms with E-state index in [-0.39, 0.29) is 18.4 Å². The number of hydrogen-bond donors (Lipinski definition) is 1. The Morgan fingerprint density at radius 2 is 1.90 bits per heavy atom. The van der Waals surface area contributed by atoms with Gasteiger partial charge in [-0.25, -0.2) is 4.79 Å². The maximum atomic E-state index is 12.5. The normalized spacial score (nSPS) is 34.8. The SMILES string of the molecule is O=C(O)[C@@H]1COCCN1C(=O)[C@H]1C[C@H]1C1CCCCC1. The maximum Gasteiger partial charge on any atom is 0.328 e. The number of rotatable bonds is 3. The number of hydrogen-bond acceptors (Lipinski definition) is 3. The van der Waals surface area contributed by atoms with Gasteiger partial charge in [0.2, 0.25) is 5.91 Å². The van der Waals surface area contributed by atoms with Gasteiger partial charge < -0.3 is 14.7 Å². The Labute approximate surface area is 119 Å². The van der Waals surface area contributed by atoms with E-state index in [0.717, 1.165) is 6.42 Å². The molecule has 0 aromatic carbocycles. The quantitative estimate of drug-likeness (QED) is 0.851. The van der Waals surface area contributed by atoms with E-state index >= 15 is 0 Å². The molecule has 2 saturated carbocycles. The van der Waals surface area contributed by atoms with Gasteiger partial charge in [0, 0.05) is 12.5 Å². The molecule has 3 aliphatic rings. The van der Waals surface area contributed by atoms with Gasteiger partial charge in [0.1, 0.15) is 0 Å². The summed E-state index contributed by atoms with van der Waals surface area (Å²) in [6.45, 7) is 1.00. The summed E-state index contributed by atoms with van der Waals surface area (Å²) in [6, 6.07) is -0.788. The van der Waals surface area contributed by atoms with E-state index in [9.17, 15) is 14.7 Å². The lowest BCUT2D eigenvalue weighted by atomic mass is 9.85. The fourth-order valence-corrected chi connectivity index (χ4v) is 3.87. The number of amides is 1. The number of ether oxygens (including phenoxy) is 1. The second kappa shape index (κ2) is 5.72. The van der Waals surface area contributed by atoms with Crippen LogP contribution >= 0.6 is 0 Å². The van der Waals surface area contributed by atoms with Gasteiger partial charge in [0.15, 0.2) is 6.04 Å². The van der Waals surface area contributed by atoms with Crippen molar-refractivity contribution in [1.82, 2.24) is 4.90 Å². The first kappa shape index (κ1) is 13.9. The van der Waals surface area contributed by atoms with Gasteiger partial charge in [0.25, 0.3) is 0 Å². The third kappa shape index (κ3) is 2.68. The van der Waals surface area contributed by atoms with Crippen LogP contribution in [0.3, 0.4) is 0 Å². The molecule has 1 aliphatic heterocycles. The monoisotopic (exact) mass is 281 g/mol. The van der Waals surface area contributed by atoms with Gasteiger partial charge in [-0.05, 0) is 18.3 Å². The first-order valence-electron chi connectivity index (χ1n) is 7.79. The topological polar surface area (TPSA) is 66.8 Å². The zero-order chi connectivity index (χ0) is 14.1. The van der Waals surface area contributed by atoms with Gasteiger partial charge in [-0.3, -0.25) is 4.79 Å². The van der Waals surface area contributed by atoms with Crippen molar-refractivity contribution in [3.63, 3.8) is 0 Å². The molecule has 2 aliphatic carbocycles. The smallest absolute Gasteiger partial charge is 0.328 e. The van der Waals surface area contributed by atoms with Crippen molar-refractivity contribution in [3.8, 4) is 0 Å². The summed E-state index contributed by atoms with van der Waals surface area (Å²) in [5.41, 5.74) is 0. The summed E-state index contributed by atoms with van der Waals surface area (Å²) in [5, 5.41) is 9.20. The van der Waals surface area contributed by atoms with Gasteiger partial charge in [-0.15, -0.1) is 0 Å². The second-order valence-corrected chi connectivity index (χ2v) is 6.36. The summed E-state index contributed by atoms with van der Waals surface area (Å²) < 4.78 is 5.19. The average molecular weight is 281 g/mol. The lowest BCUT2D eigenvalue weighted by Gasteiger charge is -2.33. The van der Waals surface area contributed by atoms with Crippen LogP contribution in [0.1, 0.15) is 38.5 Å². The van der Waals surface area contributed by atoms with E-state index < -0.39 is 12.0 Å². The zero-order valence-electron chi connectivity index (χ0n) is 11.8. The van der Waals surface area contributed by atoms with Gasteiger partial charge in [-0.2, -0.15) is 0 Å². The lowest BCUT2D eigenvalue weighted by molar-refractivity contribution is -0.159. The Kier molecular flexibility index (Phi) is 3.96. The molecular formula is C15H23NO4. The predicted molar refractivity (Wildman–Crippen MR) is 72.1 cm³/mol. The molecule has 3 fully saturated rings. The number of carbonyl (C=O) groups is 2. The van der Waals surface area contributed by atoms with Gasteiger partial charge in [-0.1, -0.05) is 32.1 Å². The molecule has 0 bridgehead atoms. The predicted octanol–water partition coefficient (Wildman–Crippen LogP) is 1.51. The molecule has 3 atom stereocenters. The van der Waals surface area contributed by atoms with Crippen LogP contribution in [0.15, 0.2) is 0 Å². The number of aliphatic carboxylic acids is 1. The van der Waals surface area contributed by atoms with Crippen molar-refractivity contribution in [3.05, 3.63) is 0 Å². The average Bonchev–Trinajstić information content (AvgIpc) is 3.28. The minimum Gasteiger partial charge on any atom is -0.480 e. The highest BCUT2D eigenvalue weighted by molar-refractivity contribution is 5.87. The van der Waals surface area contributed by atoms with Gasteiger partial charge >= 0.3 is 5.97 Å². The van der Waals surface area contributed by atoms with E-state index in [0.29, 0.717) is 25.0 Å². The van der Waals surface area contributed by atoms with Crippen LogP contribution in [0.25, 0.3) is 0 Å². The molecule has 112 valence electrons. The van der Waals surface area contributed by atoms with Crippen LogP contribution in [-0.4, -0.2) is 47.7 Å². The molecule has 3 rings (SSSR count). The maximum absolute atomic E-state index is 12.5. The molecule has 1 saturated heterocycles. The highest BCUT2D eigenvalue weighted by Crippen LogP contribution is 2.50. The van der Waals surface area contributed by atoms with Gasteiger partial charge in [0.05, 0.1) is 13.2 Å². The van der Waals surface area contributed by atoms with Crippen LogP contribution in [0.2, 0.25) is 0 Å². The number of carboxylic acids is 1. The van der Waals surface area contributed by atoms with Crippen LogP contribution in [-0.2, 0) is 14.3 Å². The molecule has 5 heteroatoms. The van der Waals surface area contributed by atoms with Crippen molar-refractivity contribution >= 4 is 11.9 Å². The van der Waals surface area contributed by atoms with E-state index in [4.69, 9.17) is 4.74 Å². The number of carbonyl (C=O) groups excluding carboxylic acids is 1. The van der Waals surface area contributed by atoms with E-state index in [1.165, 1.54) is 32.1 Å². The molecule has 1 amide bonds. The molecule has 5 nitrogen and oxygen atoms in total. The minimum atomic E-state index is -0.951. The molecule has 1 N–H and O–H groups in total. The summed E-state index contributed by atoms with van der Waals surface area (Å²) in [4.78, 5) is 25.3. The molecule has 0 radical (unpaired) electrons. The van der Waals surface area contributed by atoms with E-state index in [1.807, 2.05) is 0 Å². The molecule has 0 unspecified atom stereocenters. The first-order valence-corrected chi connectivity index (χ1v) is 7.79. The van der Waals surface area contributed by atoms with Crippen molar-refractivity contribution in [2.45, 2.75) is 44.6 Å². The second-order valence-electron chi connectivity index (χ2n) is 6.36. The molecular weight excluding hydrogens is 258 g/mol. The summed E-state index contributed by atoms with van der Waals surface area (Å²) in [7, 11) is 0. The number of carboxylic acid groups (broad SMARTS) is 1. The fraction of sp³-hybridized carbons (Fsp3) is 0.867. The third-order valence-electron chi connectivity index (χ3n) is 5.11.